The van der Waals surface area contributed by atoms with Crippen LogP contribution in [-0.4, -0.2) is 22.0 Å². The highest BCUT2D eigenvalue weighted by molar-refractivity contribution is 6.30. The molecule has 0 fully saturated rings. The molecule has 182 valence electrons. The van der Waals surface area contributed by atoms with Crippen molar-refractivity contribution in [2.24, 2.45) is 0 Å². The summed E-state index contributed by atoms with van der Waals surface area (Å²) in [6, 6.07) is 18.8. The van der Waals surface area contributed by atoms with Gasteiger partial charge in [-0.25, -0.2) is 9.78 Å². The van der Waals surface area contributed by atoms with Gasteiger partial charge in [-0.05, 0) is 54.4 Å². The minimum atomic E-state index is -1.12. The first-order valence-corrected chi connectivity index (χ1v) is 11.3. The maximum absolute atomic E-state index is 12.5. The number of hydrazine groups is 2. The van der Waals surface area contributed by atoms with E-state index in [0.717, 1.165) is 17.7 Å². The molecule has 0 saturated heterocycles. The number of nitrogens with one attached hydrogen (secondary N) is 4. The Morgan fingerprint density at radius 3 is 2.49 bits per heavy atom. The number of carbonyl (C=O) groups is 2. The fourth-order valence-corrected chi connectivity index (χ4v) is 3.09. The van der Waals surface area contributed by atoms with Crippen LogP contribution >= 0.6 is 11.6 Å². The molecule has 3 aromatic rings. The molecule has 0 spiro atoms. The number of carbonyl (C=O) groups excluding carboxylic acids is 1. The third-order valence-electron chi connectivity index (χ3n) is 4.72. The van der Waals surface area contributed by atoms with Crippen molar-refractivity contribution < 1.29 is 19.4 Å². The van der Waals surface area contributed by atoms with Crippen LogP contribution in [0, 0.1) is 0 Å². The number of aromatic carboxylic acids is 1. The largest absolute Gasteiger partial charge is 0.477 e. The highest BCUT2D eigenvalue weighted by Crippen LogP contribution is 2.21. The van der Waals surface area contributed by atoms with Gasteiger partial charge in [0, 0.05) is 29.4 Å². The maximum Gasteiger partial charge on any atom is 0.354 e. The number of benzene rings is 2. The molecule has 0 atom stereocenters. The lowest BCUT2D eigenvalue weighted by atomic mass is 10.1. The van der Waals surface area contributed by atoms with Gasteiger partial charge in [0.1, 0.15) is 5.75 Å². The summed E-state index contributed by atoms with van der Waals surface area (Å²) < 4.78 is 5.60. The number of pyridine rings is 1. The number of carboxylic acids is 1. The van der Waals surface area contributed by atoms with Crippen LogP contribution in [0.25, 0.3) is 0 Å². The van der Waals surface area contributed by atoms with Gasteiger partial charge in [0.05, 0.1) is 5.69 Å². The summed E-state index contributed by atoms with van der Waals surface area (Å²) in [5.74, 6) is -0.587. The van der Waals surface area contributed by atoms with Crippen LogP contribution in [0.2, 0.25) is 5.02 Å². The quantitative estimate of drug-likeness (QED) is 0.140. The third-order valence-corrected chi connectivity index (χ3v) is 4.97. The second kappa shape index (κ2) is 13.0. The topological polar surface area (TPSA) is 125 Å². The van der Waals surface area contributed by atoms with Crippen molar-refractivity contribution in [1.29, 1.82) is 0 Å². The Hall–Kier alpha value is -4.08. The number of rotatable bonds is 12. The van der Waals surface area contributed by atoms with Crippen molar-refractivity contribution in [2.75, 3.05) is 5.43 Å². The molecule has 0 bridgehead atoms. The number of hydrogen-bond donors (Lipinski definition) is 5. The summed E-state index contributed by atoms with van der Waals surface area (Å²) >= 11 is 5.89. The van der Waals surface area contributed by atoms with Crippen LogP contribution in [0.5, 0.6) is 11.6 Å². The Labute approximate surface area is 208 Å². The molecule has 0 radical (unpaired) electrons. The van der Waals surface area contributed by atoms with Crippen molar-refractivity contribution in [1.82, 2.24) is 21.3 Å². The zero-order valence-corrected chi connectivity index (χ0v) is 19.8. The summed E-state index contributed by atoms with van der Waals surface area (Å²) in [4.78, 5) is 27.5. The van der Waals surface area contributed by atoms with Crippen LogP contribution in [0.1, 0.15) is 35.8 Å². The minimum absolute atomic E-state index is 0.0924. The van der Waals surface area contributed by atoms with Gasteiger partial charge in [-0.2, -0.15) is 5.53 Å². The lowest BCUT2D eigenvalue weighted by molar-refractivity contribution is -0.117. The first-order chi connectivity index (χ1) is 16.9. The fourth-order valence-electron chi connectivity index (χ4n) is 2.97. The van der Waals surface area contributed by atoms with Crippen molar-refractivity contribution in [3.8, 4) is 11.6 Å². The van der Waals surface area contributed by atoms with Crippen LogP contribution in [0.4, 0.5) is 5.69 Å². The molecule has 0 aliphatic carbocycles. The summed E-state index contributed by atoms with van der Waals surface area (Å²) in [5, 5.41) is 12.6. The molecule has 1 heterocycles. The highest BCUT2D eigenvalue weighted by atomic mass is 35.5. The van der Waals surface area contributed by atoms with E-state index in [1.54, 1.807) is 54.7 Å². The van der Waals surface area contributed by atoms with Gasteiger partial charge in [-0.15, -0.1) is 0 Å². The van der Waals surface area contributed by atoms with E-state index in [1.165, 1.54) is 6.07 Å². The average Bonchev–Trinajstić information content (AvgIpc) is 2.86. The predicted molar refractivity (Wildman–Crippen MR) is 134 cm³/mol. The number of aromatic nitrogens is 1. The Balaban J connectivity index is 1.47. The normalized spacial score (nSPS) is 11.0. The van der Waals surface area contributed by atoms with Crippen LogP contribution in [-0.2, 0) is 11.3 Å². The standard InChI is InChI=1S/C25H26ClN5O4/c1-2-4-18(24(32)27-15-17-7-9-19(26)10-8-17)16-28-31-30-20-11-13-21(14-12-20)35-23-6-3-5-22(29-23)25(33)34/h3,5-14,16,28,30-31H,2,4,15H2,1H3,(H,27,32)(H,33,34)/b18-16-. The zero-order chi connectivity index (χ0) is 25.0. The Bertz CT molecular complexity index is 1170. The maximum atomic E-state index is 12.5. The van der Waals surface area contributed by atoms with E-state index in [1.807, 2.05) is 19.1 Å². The smallest absolute Gasteiger partial charge is 0.354 e. The molecule has 1 aromatic heterocycles. The number of carboxylic acid groups (broad SMARTS) is 1. The number of nitrogens with zero attached hydrogens (tertiary/aromatic N) is 1. The molecule has 9 nitrogen and oxygen atoms in total. The summed E-state index contributed by atoms with van der Waals surface area (Å²) in [6.07, 6.45) is 3.05. The van der Waals surface area contributed by atoms with E-state index in [2.05, 4.69) is 26.7 Å². The first kappa shape index (κ1) is 25.5. The Morgan fingerprint density at radius 2 is 1.80 bits per heavy atom. The van der Waals surface area contributed by atoms with Crippen molar-refractivity contribution >= 4 is 29.2 Å². The molecule has 35 heavy (non-hydrogen) atoms. The number of hydrogen-bond acceptors (Lipinski definition) is 7. The Morgan fingerprint density at radius 1 is 1.06 bits per heavy atom. The summed E-state index contributed by atoms with van der Waals surface area (Å²) in [5.41, 5.74) is 10.9. The first-order valence-electron chi connectivity index (χ1n) is 10.9. The molecular formula is C25H26ClN5O4. The molecule has 0 aliphatic heterocycles. The van der Waals surface area contributed by atoms with Gasteiger partial charge in [0.2, 0.25) is 11.8 Å². The van der Waals surface area contributed by atoms with Crippen molar-refractivity contribution in [2.45, 2.75) is 26.3 Å². The second-order valence-corrected chi connectivity index (χ2v) is 7.85. The molecule has 10 heteroatoms. The van der Waals surface area contributed by atoms with Crippen LogP contribution < -0.4 is 26.4 Å². The molecule has 0 aliphatic rings. The summed E-state index contributed by atoms with van der Waals surface area (Å²) in [7, 11) is 0. The average molecular weight is 496 g/mol. The highest BCUT2D eigenvalue weighted by Gasteiger charge is 2.09. The SMILES string of the molecule is CCC/C(=C/NNNc1ccc(Oc2cccc(C(=O)O)n2)cc1)C(=O)NCc1ccc(Cl)cc1. The van der Waals surface area contributed by atoms with E-state index in [4.69, 9.17) is 21.4 Å². The van der Waals surface area contributed by atoms with E-state index in [0.29, 0.717) is 29.3 Å². The van der Waals surface area contributed by atoms with E-state index in [-0.39, 0.29) is 17.5 Å². The van der Waals surface area contributed by atoms with Crippen molar-refractivity contribution in [3.05, 3.63) is 94.8 Å². The van der Waals surface area contributed by atoms with Crippen LogP contribution in [0.3, 0.4) is 0 Å². The second-order valence-electron chi connectivity index (χ2n) is 7.42. The number of anilines is 1. The molecule has 0 unspecified atom stereocenters. The van der Waals surface area contributed by atoms with Crippen molar-refractivity contribution in [3.63, 3.8) is 0 Å². The molecule has 2 aromatic carbocycles. The lowest BCUT2D eigenvalue weighted by Crippen LogP contribution is -2.34. The monoisotopic (exact) mass is 495 g/mol. The lowest BCUT2D eigenvalue weighted by Gasteiger charge is -2.12. The van der Waals surface area contributed by atoms with E-state index < -0.39 is 5.97 Å². The van der Waals surface area contributed by atoms with E-state index in [9.17, 15) is 9.59 Å². The van der Waals surface area contributed by atoms with Gasteiger partial charge < -0.3 is 26.0 Å². The van der Waals surface area contributed by atoms with Gasteiger partial charge in [-0.1, -0.05) is 43.1 Å². The number of halogens is 1. The molecule has 3 rings (SSSR count). The predicted octanol–water partition coefficient (Wildman–Crippen LogP) is 4.65. The molecule has 0 saturated carbocycles. The van der Waals surface area contributed by atoms with E-state index >= 15 is 0 Å². The minimum Gasteiger partial charge on any atom is -0.477 e. The zero-order valence-electron chi connectivity index (χ0n) is 19.0. The van der Waals surface area contributed by atoms with Gasteiger partial charge >= 0.3 is 5.97 Å². The van der Waals surface area contributed by atoms with Crippen LogP contribution in [0.15, 0.2) is 78.5 Å². The summed E-state index contributed by atoms with van der Waals surface area (Å²) in [6.45, 7) is 2.41. The number of amides is 1. The number of ether oxygens (including phenoxy) is 1. The molecular weight excluding hydrogens is 470 g/mol. The Kier molecular flexibility index (Phi) is 9.47. The third kappa shape index (κ3) is 8.33. The molecule has 5 N–H and O–H groups in total. The van der Waals surface area contributed by atoms with Gasteiger partial charge in [0.15, 0.2) is 5.69 Å². The molecule has 1 amide bonds. The van der Waals surface area contributed by atoms with Gasteiger partial charge in [-0.3, -0.25) is 4.79 Å². The fraction of sp³-hybridized carbons (Fsp3) is 0.160. The van der Waals surface area contributed by atoms with Gasteiger partial charge in [0.25, 0.3) is 0 Å².